The van der Waals surface area contributed by atoms with Gasteiger partial charge in [0.05, 0.1) is 0 Å². The van der Waals surface area contributed by atoms with Crippen molar-refractivity contribution in [1.29, 1.82) is 0 Å². The smallest absolute Gasteiger partial charge is 0.286 e. The summed E-state index contributed by atoms with van der Waals surface area (Å²) >= 11 is 0. The molecule has 1 rings (SSSR count). The monoisotopic (exact) mass is 218 g/mol. The van der Waals surface area contributed by atoms with Crippen LogP contribution in [-0.2, 0) is 11.3 Å². The van der Waals surface area contributed by atoms with Crippen LogP contribution in [0, 0.1) is 5.41 Å². The molecule has 0 aromatic carbocycles. The van der Waals surface area contributed by atoms with E-state index in [-0.39, 0.29) is 30.2 Å². The molecule has 0 aliphatic carbocycles. The van der Waals surface area contributed by atoms with E-state index >= 15 is 0 Å². The summed E-state index contributed by atoms with van der Waals surface area (Å²) in [6.07, 6.45) is 3.03. The van der Waals surface area contributed by atoms with Crippen molar-refractivity contribution in [2.45, 2.75) is 27.3 Å². The zero-order valence-corrected chi connectivity index (χ0v) is 9.32. The standard InChI is InChI=1S/C8H15N4O.ClH/c1-8(2,3)7(13)4-12-6-11(9)5-10-12;/h5-6H,4,9H2,1-3H3;1H/q+1;/p-1. The van der Waals surface area contributed by atoms with Gasteiger partial charge in [0, 0.05) is 10.5 Å². The highest BCUT2D eigenvalue weighted by Gasteiger charge is 2.23. The Morgan fingerprint density at radius 1 is 1.57 bits per heavy atom. The van der Waals surface area contributed by atoms with E-state index < -0.39 is 0 Å². The van der Waals surface area contributed by atoms with Crippen LogP contribution < -0.4 is 22.9 Å². The molecule has 0 radical (unpaired) electrons. The lowest BCUT2D eigenvalue weighted by atomic mass is 9.91. The van der Waals surface area contributed by atoms with Crippen molar-refractivity contribution in [3.63, 3.8) is 0 Å². The Bertz CT molecular complexity index is 315. The third-order valence-corrected chi connectivity index (χ3v) is 1.74. The van der Waals surface area contributed by atoms with Crippen LogP contribution in [-0.4, -0.2) is 15.6 Å². The molecule has 0 aliphatic heterocycles. The van der Waals surface area contributed by atoms with Gasteiger partial charge in [0.25, 0.3) is 6.33 Å². The Morgan fingerprint density at radius 3 is 2.50 bits per heavy atom. The number of aromatic nitrogens is 3. The summed E-state index contributed by atoms with van der Waals surface area (Å²) in [5.74, 6) is 5.52. The molecule has 0 unspecified atom stereocenters. The van der Waals surface area contributed by atoms with E-state index in [1.807, 2.05) is 20.8 Å². The first-order valence-corrected chi connectivity index (χ1v) is 4.11. The van der Waals surface area contributed by atoms with Crippen LogP contribution >= 0.6 is 0 Å². The number of nitrogens with two attached hydrogens (primary N) is 1. The number of hydrogen-bond donors (Lipinski definition) is 1. The largest absolute Gasteiger partial charge is 1.00 e. The molecule has 0 saturated carbocycles. The molecular formula is C8H15ClN4O. The number of carbonyl (C=O) groups is 1. The molecule has 6 heteroatoms. The predicted octanol–water partition coefficient (Wildman–Crippen LogP) is -3.50. The van der Waals surface area contributed by atoms with E-state index in [4.69, 9.17) is 5.84 Å². The Hall–Kier alpha value is -1.10. The number of rotatable bonds is 2. The third kappa shape index (κ3) is 3.33. The molecule has 0 aliphatic rings. The second-order valence-electron chi connectivity index (χ2n) is 4.06. The second-order valence-corrected chi connectivity index (χ2v) is 4.06. The van der Waals surface area contributed by atoms with Gasteiger partial charge in [0.15, 0.2) is 12.3 Å². The van der Waals surface area contributed by atoms with Crippen molar-refractivity contribution < 1.29 is 21.9 Å². The maximum atomic E-state index is 11.5. The van der Waals surface area contributed by atoms with E-state index in [0.717, 1.165) is 0 Å². The first-order valence-electron chi connectivity index (χ1n) is 4.11. The molecule has 2 N–H and O–H groups in total. The van der Waals surface area contributed by atoms with Gasteiger partial charge in [0.2, 0.25) is 6.33 Å². The van der Waals surface area contributed by atoms with Crippen LogP contribution in [0.2, 0.25) is 0 Å². The van der Waals surface area contributed by atoms with E-state index in [9.17, 15) is 4.79 Å². The molecule has 0 fully saturated rings. The summed E-state index contributed by atoms with van der Waals surface area (Å²) < 4.78 is 2.84. The summed E-state index contributed by atoms with van der Waals surface area (Å²) in [6.45, 7) is 5.92. The molecule has 1 heterocycles. The van der Waals surface area contributed by atoms with Crippen LogP contribution in [0.25, 0.3) is 0 Å². The average molecular weight is 219 g/mol. The van der Waals surface area contributed by atoms with Gasteiger partial charge in [-0.2, -0.15) is 0 Å². The number of carbonyl (C=O) groups excluding carboxylic acids is 1. The number of hydrogen-bond acceptors (Lipinski definition) is 3. The summed E-state index contributed by atoms with van der Waals surface area (Å²) in [5, 5.41) is 3.90. The minimum absolute atomic E-state index is 0. The number of nitrogens with zero attached hydrogens (tertiary/aromatic N) is 3. The van der Waals surface area contributed by atoms with Crippen LogP contribution in [0.1, 0.15) is 20.8 Å². The van der Waals surface area contributed by atoms with Gasteiger partial charge in [-0.3, -0.25) is 10.6 Å². The molecule has 80 valence electrons. The highest BCUT2D eigenvalue weighted by Crippen LogP contribution is 2.14. The van der Waals surface area contributed by atoms with Gasteiger partial charge in [-0.05, 0) is 0 Å². The fourth-order valence-corrected chi connectivity index (χ4v) is 0.805. The summed E-state index contributed by atoms with van der Waals surface area (Å²) in [6, 6.07) is 0. The summed E-state index contributed by atoms with van der Waals surface area (Å²) in [5.41, 5.74) is -0.328. The molecule has 1 aromatic heterocycles. The first-order chi connectivity index (χ1) is 5.89. The van der Waals surface area contributed by atoms with Crippen molar-refractivity contribution in [2.24, 2.45) is 5.41 Å². The van der Waals surface area contributed by atoms with Crippen molar-refractivity contribution in [3.05, 3.63) is 12.7 Å². The van der Waals surface area contributed by atoms with Gasteiger partial charge in [0.1, 0.15) is 0 Å². The van der Waals surface area contributed by atoms with E-state index in [1.165, 1.54) is 15.7 Å². The maximum absolute atomic E-state index is 11.5. The van der Waals surface area contributed by atoms with E-state index in [0.29, 0.717) is 0 Å². The molecule has 0 amide bonds. The molecule has 1 aromatic rings. The van der Waals surface area contributed by atoms with Gasteiger partial charge < -0.3 is 12.4 Å². The Morgan fingerprint density at radius 2 is 2.14 bits per heavy atom. The normalized spacial score (nSPS) is 10.8. The van der Waals surface area contributed by atoms with Gasteiger partial charge >= 0.3 is 0 Å². The lowest BCUT2D eigenvalue weighted by Gasteiger charge is -2.13. The van der Waals surface area contributed by atoms with Crippen LogP contribution in [0.4, 0.5) is 0 Å². The minimum Gasteiger partial charge on any atom is -1.00 e. The zero-order valence-electron chi connectivity index (χ0n) is 8.57. The summed E-state index contributed by atoms with van der Waals surface area (Å²) in [4.78, 5) is 11.5. The quantitative estimate of drug-likeness (QED) is 0.414. The molecule has 14 heavy (non-hydrogen) atoms. The predicted molar refractivity (Wildman–Crippen MR) is 47.0 cm³/mol. The molecule has 0 bridgehead atoms. The number of halogens is 1. The number of nitrogen functional groups attached to an aromatic ring is 1. The van der Waals surface area contributed by atoms with Crippen molar-refractivity contribution >= 4 is 5.78 Å². The highest BCUT2D eigenvalue weighted by molar-refractivity contribution is 5.83. The lowest BCUT2D eigenvalue weighted by molar-refractivity contribution is -0.639. The second kappa shape index (κ2) is 4.41. The topological polar surface area (TPSA) is 64.8 Å². The Labute approximate surface area is 89.3 Å². The van der Waals surface area contributed by atoms with Crippen molar-refractivity contribution in [3.8, 4) is 0 Å². The van der Waals surface area contributed by atoms with Gasteiger partial charge in [-0.15, -0.1) is 9.36 Å². The van der Waals surface area contributed by atoms with Crippen LogP contribution in [0.5, 0.6) is 0 Å². The molecular weight excluding hydrogens is 204 g/mol. The van der Waals surface area contributed by atoms with Gasteiger partial charge in [-0.25, -0.2) is 0 Å². The van der Waals surface area contributed by atoms with Crippen LogP contribution in [0.15, 0.2) is 12.7 Å². The van der Waals surface area contributed by atoms with Crippen LogP contribution in [0.3, 0.4) is 0 Å². The molecule has 5 nitrogen and oxygen atoms in total. The maximum Gasteiger partial charge on any atom is 0.286 e. The number of Topliss-reactive ketones (excluding diaryl/α,β-unsaturated/α-hetero) is 1. The Balaban J connectivity index is 0.00000169. The molecule has 0 atom stereocenters. The fourth-order valence-electron chi connectivity index (χ4n) is 0.805. The number of ketones is 1. The van der Waals surface area contributed by atoms with E-state index in [2.05, 4.69) is 5.10 Å². The lowest BCUT2D eigenvalue weighted by Crippen LogP contribution is -3.00. The van der Waals surface area contributed by atoms with Gasteiger partial charge in [-0.1, -0.05) is 20.8 Å². The third-order valence-electron chi connectivity index (χ3n) is 1.74. The minimum atomic E-state index is -0.328. The first kappa shape index (κ1) is 12.9. The van der Waals surface area contributed by atoms with Crippen molar-refractivity contribution in [1.82, 2.24) is 9.78 Å². The highest BCUT2D eigenvalue weighted by atomic mass is 35.5. The average Bonchev–Trinajstić information content (AvgIpc) is 2.33. The molecule has 0 spiro atoms. The Kier molecular flexibility index (Phi) is 4.07. The fraction of sp³-hybridized carbons (Fsp3) is 0.625. The van der Waals surface area contributed by atoms with Crippen molar-refractivity contribution in [2.75, 3.05) is 5.84 Å². The summed E-state index contributed by atoms with van der Waals surface area (Å²) in [7, 11) is 0. The SMILES string of the molecule is CC(C)(C)C(=O)Cn1c[n+](N)cn1.[Cl-]. The molecule has 0 saturated heterocycles. The zero-order chi connectivity index (χ0) is 10.1. The van der Waals surface area contributed by atoms with E-state index in [1.54, 1.807) is 6.33 Å².